The molecule has 0 heterocycles. The number of halogens is 1. The lowest BCUT2D eigenvalue weighted by Gasteiger charge is -2.12. The third-order valence-electron chi connectivity index (χ3n) is 2.12. The number of aromatic hydroxyl groups is 1. The van der Waals surface area contributed by atoms with Crippen LogP contribution in [-0.4, -0.2) is 30.1 Å². The van der Waals surface area contributed by atoms with E-state index in [-0.39, 0.29) is 0 Å². The normalized spacial score (nSPS) is 11.7. The van der Waals surface area contributed by atoms with Crippen LogP contribution in [0.5, 0.6) is 5.75 Å². The highest BCUT2D eigenvalue weighted by atomic mass is 19.1. The van der Waals surface area contributed by atoms with Gasteiger partial charge in [0, 0.05) is 0 Å². The number of hydrogen-bond acceptors (Lipinski definition) is 4. The minimum absolute atomic E-state index is 0.487. The number of nitrogens with one attached hydrogen (secondary N) is 1. The van der Waals surface area contributed by atoms with Gasteiger partial charge >= 0.3 is 5.97 Å². The maximum Gasteiger partial charge on any atom is 0.328 e. The number of hydrogen-bond donors (Lipinski definition) is 2. The zero-order chi connectivity index (χ0) is 13.0. The topological polar surface area (TPSA) is 75.6 Å². The molecule has 2 N–H and O–H groups in total. The molecule has 0 aliphatic rings. The number of carbonyl (C=O) groups is 2. The second kappa shape index (κ2) is 5.29. The van der Waals surface area contributed by atoms with Crippen LogP contribution in [-0.2, 0) is 9.53 Å². The Morgan fingerprint density at radius 3 is 2.65 bits per heavy atom. The summed E-state index contributed by atoms with van der Waals surface area (Å²) in [6, 6.07) is 2.56. The van der Waals surface area contributed by atoms with Crippen LogP contribution in [0.25, 0.3) is 0 Å². The van der Waals surface area contributed by atoms with Gasteiger partial charge < -0.3 is 15.2 Å². The van der Waals surface area contributed by atoms with Crippen LogP contribution in [0.1, 0.15) is 17.3 Å². The summed E-state index contributed by atoms with van der Waals surface area (Å²) in [5.41, 5.74) is -0.497. The Bertz CT molecular complexity index is 427. The molecule has 0 radical (unpaired) electrons. The van der Waals surface area contributed by atoms with E-state index in [1.807, 2.05) is 0 Å². The lowest BCUT2D eigenvalue weighted by molar-refractivity contribution is -0.142. The van der Waals surface area contributed by atoms with Gasteiger partial charge in [-0.1, -0.05) is 6.07 Å². The van der Waals surface area contributed by atoms with Gasteiger partial charge in [-0.15, -0.1) is 0 Å². The number of rotatable bonds is 3. The molecule has 6 heteroatoms. The average molecular weight is 241 g/mol. The fraction of sp³-hybridized carbons (Fsp3) is 0.273. The van der Waals surface area contributed by atoms with Crippen LogP contribution in [0.3, 0.4) is 0 Å². The molecular weight excluding hydrogens is 229 g/mol. The highest BCUT2D eigenvalue weighted by Crippen LogP contribution is 2.19. The largest absolute Gasteiger partial charge is 0.507 e. The number of phenolic OH excluding ortho intramolecular Hbond substituents is 1. The number of carbonyl (C=O) groups excluding carboxylic acids is 2. The highest BCUT2D eigenvalue weighted by Gasteiger charge is 2.21. The standard InChI is InChI=1S/C11H12FNO4/c1-6(11(16)17-2)13-10(15)9-7(12)4-3-5-8(9)14/h3-6,14H,1-2H3,(H,13,15). The Morgan fingerprint density at radius 1 is 1.47 bits per heavy atom. The number of esters is 1. The fourth-order valence-corrected chi connectivity index (χ4v) is 1.24. The molecule has 1 rings (SSSR count). The fourth-order valence-electron chi connectivity index (χ4n) is 1.24. The van der Waals surface area contributed by atoms with E-state index in [0.717, 1.165) is 6.07 Å². The average Bonchev–Trinajstić information content (AvgIpc) is 2.27. The number of methoxy groups -OCH3 is 1. The maximum atomic E-state index is 13.3. The summed E-state index contributed by atoms with van der Waals surface area (Å²) < 4.78 is 17.7. The van der Waals surface area contributed by atoms with Gasteiger partial charge in [-0.2, -0.15) is 0 Å². The number of amides is 1. The minimum atomic E-state index is -0.925. The first kappa shape index (κ1) is 13.0. The van der Waals surface area contributed by atoms with Crippen molar-refractivity contribution in [3.8, 4) is 5.75 Å². The first-order valence-electron chi connectivity index (χ1n) is 4.83. The first-order valence-corrected chi connectivity index (χ1v) is 4.83. The second-order valence-corrected chi connectivity index (χ2v) is 3.35. The molecule has 0 aromatic heterocycles. The molecule has 1 atom stereocenters. The van der Waals surface area contributed by atoms with Crippen molar-refractivity contribution < 1.29 is 23.8 Å². The van der Waals surface area contributed by atoms with E-state index in [0.29, 0.717) is 0 Å². The van der Waals surface area contributed by atoms with Crippen LogP contribution in [0.15, 0.2) is 18.2 Å². The molecule has 0 spiro atoms. The third kappa shape index (κ3) is 2.93. The van der Waals surface area contributed by atoms with Crippen LogP contribution in [0, 0.1) is 5.82 Å². The quantitative estimate of drug-likeness (QED) is 0.768. The van der Waals surface area contributed by atoms with Gasteiger partial charge in [0.05, 0.1) is 7.11 Å². The van der Waals surface area contributed by atoms with Crippen molar-refractivity contribution >= 4 is 11.9 Å². The van der Waals surface area contributed by atoms with Crippen molar-refractivity contribution in [1.29, 1.82) is 0 Å². The minimum Gasteiger partial charge on any atom is -0.507 e. The Morgan fingerprint density at radius 2 is 2.12 bits per heavy atom. The van der Waals surface area contributed by atoms with Crippen LogP contribution < -0.4 is 5.32 Å². The van der Waals surface area contributed by atoms with Crippen molar-refractivity contribution in [3.05, 3.63) is 29.6 Å². The zero-order valence-corrected chi connectivity index (χ0v) is 9.36. The van der Waals surface area contributed by atoms with E-state index >= 15 is 0 Å². The molecule has 0 aliphatic heterocycles. The predicted octanol–water partition coefficient (Wildman–Crippen LogP) is 0.823. The molecule has 0 saturated carbocycles. The van der Waals surface area contributed by atoms with Gasteiger partial charge in [0.25, 0.3) is 5.91 Å². The van der Waals surface area contributed by atoms with E-state index in [1.54, 1.807) is 0 Å². The predicted molar refractivity (Wildman–Crippen MR) is 57.0 cm³/mol. The number of phenols is 1. The third-order valence-corrected chi connectivity index (χ3v) is 2.12. The van der Waals surface area contributed by atoms with Crippen molar-refractivity contribution in [2.45, 2.75) is 13.0 Å². The molecule has 1 unspecified atom stereocenters. The molecule has 1 aromatic carbocycles. The zero-order valence-electron chi connectivity index (χ0n) is 9.36. The summed E-state index contributed by atoms with van der Waals surface area (Å²) in [4.78, 5) is 22.7. The molecule has 1 aromatic rings. The van der Waals surface area contributed by atoms with Crippen LogP contribution in [0.4, 0.5) is 4.39 Å². The van der Waals surface area contributed by atoms with Gasteiger partial charge in [0.15, 0.2) is 0 Å². The van der Waals surface area contributed by atoms with E-state index in [4.69, 9.17) is 0 Å². The van der Waals surface area contributed by atoms with Gasteiger partial charge in [-0.25, -0.2) is 9.18 Å². The van der Waals surface area contributed by atoms with Gasteiger partial charge in [0.1, 0.15) is 23.2 Å². The van der Waals surface area contributed by atoms with Gasteiger partial charge in [-0.05, 0) is 19.1 Å². The Hall–Kier alpha value is -2.11. The van der Waals surface area contributed by atoms with E-state index < -0.39 is 35.0 Å². The lowest BCUT2D eigenvalue weighted by Crippen LogP contribution is -2.39. The summed E-state index contributed by atoms with van der Waals surface area (Å²) in [6.45, 7) is 1.39. The Labute approximate surface area is 97.2 Å². The maximum absolute atomic E-state index is 13.3. The van der Waals surface area contributed by atoms with Crippen molar-refractivity contribution in [1.82, 2.24) is 5.32 Å². The Balaban J connectivity index is 2.87. The molecule has 0 aliphatic carbocycles. The van der Waals surface area contributed by atoms with Crippen molar-refractivity contribution in [2.24, 2.45) is 0 Å². The molecule has 0 bridgehead atoms. The number of ether oxygens (including phenoxy) is 1. The van der Waals surface area contributed by atoms with E-state index in [1.165, 1.54) is 26.2 Å². The Kier molecular flexibility index (Phi) is 4.03. The molecule has 92 valence electrons. The van der Waals surface area contributed by atoms with Crippen LogP contribution in [0.2, 0.25) is 0 Å². The smallest absolute Gasteiger partial charge is 0.328 e. The molecule has 5 nitrogen and oxygen atoms in total. The lowest BCUT2D eigenvalue weighted by atomic mass is 10.1. The van der Waals surface area contributed by atoms with Gasteiger partial charge in [-0.3, -0.25) is 4.79 Å². The van der Waals surface area contributed by atoms with Gasteiger partial charge in [0.2, 0.25) is 0 Å². The SMILES string of the molecule is COC(=O)C(C)NC(=O)c1c(O)cccc1F. The second-order valence-electron chi connectivity index (χ2n) is 3.35. The molecule has 0 fully saturated rings. The summed E-state index contributed by atoms with van der Waals surface area (Å²) >= 11 is 0. The van der Waals surface area contributed by atoms with Crippen LogP contribution >= 0.6 is 0 Å². The van der Waals surface area contributed by atoms with E-state index in [2.05, 4.69) is 10.1 Å². The molecule has 0 saturated heterocycles. The summed E-state index contributed by atoms with van der Waals surface area (Å²) in [7, 11) is 1.17. The summed E-state index contributed by atoms with van der Waals surface area (Å²) in [5, 5.41) is 11.6. The van der Waals surface area contributed by atoms with Crippen molar-refractivity contribution in [3.63, 3.8) is 0 Å². The van der Waals surface area contributed by atoms with E-state index in [9.17, 15) is 19.1 Å². The monoisotopic (exact) mass is 241 g/mol. The highest BCUT2D eigenvalue weighted by molar-refractivity contribution is 5.99. The molecular formula is C11H12FNO4. The first-order chi connectivity index (χ1) is 7.97. The summed E-state index contributed by atoms with van der Waals surface area (Å²) in [6.07, 6.45) is 0. The number of benzene rings is 1. The summed E-state index contributed by atoms with van der Waals surface area (Å²) in [5.74, 6) is -2.88. The van der Waals surface area contributed by atoms with Crippen molar-refractivity contribution in [2.75, 3.05) is 7.11 Å². The molecule has 17 heavy (non-hydrogen) atoms. The molecule has 1 amide bonds.